The lowest BCUT2D eigenvalue weighted by Gasteiger charge is -2.28. The molecule has 0 radical (unpaired) electrons. The van der Waals surface area contributed by atoms with E-state index < -0.39 is 0 Å². The summed E-state index contributed by atoms with van der Waals surface area (Å²) in [5, 5.41) is 1.02. The highest BCUT2D eigenvalue weighted by Crippen LogP contribution is 2.33. The number of aryl methyl sites for hydroxylation is 2. The minimum absolute atomic E-state index is 0.0144. The van der Waals surface area contributed by atoms with Gasteiger partial charge in [-0.15, -0.1) is 11.3 Å². The lowest BCUT2D eigenvalue weighted by molar-refractivity contribution is -0.132. The van der Waals surface area contributed by atoms with Crippen molar-refractivity contribution in [3.8, 4) is 0 Å². The van der Waals surface area contributed by atoms with Gasteiger partial charge in [0.1, 0.15) is 5.01 Å². The van der Waals surface area contributed by atoms with Crippen molar-refractivity contribution in [1.29, 1.82) is 0 Å². The standard InChI is InChI=1S/C18H22N2OS/c1-3-14-11-19-17(22-14)12-20(2)18(21)16-10-6-8-13-7-4-5-9-15(13)16/h4-5,7,9,11,16H,3,6,8,10,12H2,1-2H3/t16-/m0/s1. The fourth-order valence-electron chi connectivity index (χ4n) is 3.14. The van der Waals surface area contributed by atoms with Crippen LogP contribution in [-0.4, -0.2) is 22.8 Å². The Morgan fingerprint density at radius 3 is 3.00 bits per heavy atom. The summed E-state index contributed by atoms with van der Waals surface area (Å²) in [6, 6.07) is 8.38. The third-order valence-electron chi connectivity index (χ3n) is 4.37. The van der Waals surface area contributed by atoms with Gasteiger partial charge in [-0.1, -0.05) is 31.2 Å². The predicted molar refractivity (Wildman–Crippen MR) is 90.1 cm³/mol. The number of fused-ring (bicyclic) bond motifs is 1. The number of thiazole rings is 1. The molecule has 2 aromatic rings. The quantitative estimate of drug-likeness (QED) is 0.860. The molecule has 0 N–H and O–H groups in total. The maximum absolute atomic E-state index is 12.8. The third kappa shape index (κ3) is 3.07. The second kappa shape index (κ2) is 6.61. The van der Waals surface area contributed by atoms with E-state index >= 15 is 0 Å². The first kappa shape index (κ1) is 15.2. The lowest BCUT2D eigenvalue weighted by atomic mass is 9.82. The zero-order valence-electron chi connectivity index (χ0n) is 13.2. The summed E-state index contributed by atoms with van der Waals surface area (Å²) in [4.78, 5) is 20.4. The molecule has 0 saturated heterocycles. The Morgan fingerprint density at radius 2 is 2.23 bits per heavy atom. The van der Waals surface area contributed by atoms with Gasteiger partial charge in [0.05, 0.1) is 12.5 Å². The number of hydrogen-bond acceptors (Lipinski definition) is 3. The molecule has 0 spiro atoms. The Balaban J connectivity index is 1.73. The van der Waals surface area contributed by atoms with Crippen LogP contribution >= 0.6 is 11.3 Å². The van der Waals surface area contributed by atoms with Gasteiger partial charge >= 0.3 is 0 Å². The molecule has 1 aliphatic carbocycles. The van der Waals surface area contributed by atoms with E-state index in [1.807, 2.05) is 24.2 Å². The molecule has 1 aromatic heterocycles. The van der Waals surface area contributed by atoms with E-state index in [9.17, 15) is 4.79 Å². The van der Waals surface area contributed by atoms with Crippen LogP contribution in [0.3, 0.4) is 0 Å². The first-order valence-electron chi connectivity index (χ1n) is 7.95. The molecule has 0 aliphatic heterocycles. The van der Waals surface area contributed by atoms with Crippen LogP contribution in [0.1, 0.15) is 46.7 Å². The second-order valence-corrected chi connectivity index (χ2v) is 7.11. The van der Waals surface area contributed by atoms with E-state index in [0.717, 1.165) is 30.7 Å². The van der Waals surface area contributed by atoms with Crippen LogP contribution in [-0.2, 0) is 24.2 Å². The minimum Gasteiger partial charge on any atom is -0.338 e. The zero-order chi connectivity index (χ0) is 15.5. The Morgan fingerprint density at radius 1 is 1.41 bits per heavy atom. The molecule has 1 heterocycles. The van der Waals surface area contributed by atoms with Crippen molar-refractivity contribution < 1.29 is 4.79 Å². The highest BCUT2D eigenvalue weighted by atomic mass is 32.1. The Kier molecular flexibility index (Phi) is 4.57. The Bertz CT molecular complexity index is 665. The van der Waals surface area contributed by atoms with Gasteiger partial charge in [0.2, 0.25) is 5.91 Å². The lowest BCUT2D eigenvalue weighted by Crippen LogP contribution is -2.33. The van der Waals surface area contributed by atoms with E-state index in [4.69, 9.17) is 0 Å². The van der Waals surface area contributed by atoms with Gasteiger partial charge in [-0.3, -0.25) is 4.79 Å². The van der Waals surface area contributed by atoms with Gasteiger partial charge in [-0.2, -0.15) is 0 Å². The summed E-state index contributed by atoms with van der Waals surface area (Å²) < 4.78 is 0. The predicted octanol–water partition coefficient (Wildman–Crippen LogP) is 3.78. The van der Waals surface area contributed by atoms with Gasteiger partial charge in [0.15, 0.2) is 0 Å². The molecule has 1 aromatic carbocycles. The molecule has 1 atom stereocenters. The molecule has 0 saturated carbocycles. The second-order valence-electron chi connectivity index (χ2n) is 5.91. The number of aromatic nitrogens is 1. The van der Waals surface area contributed by atoms with Crippen molar-refractivity contribution in [3.05, 3.63) is 51.5 Å². The summed E-state index contributed by atoms with van der Waals surface area (Å²) >= 11 is 1.71. The summed E-state index contributed by atoms with van der Waals surface area (Å²) in [7, 11) is 1.90. The molecule has 3 rings (SSSR count). The molecule has 3 nitrogen and oxygen atoms in total. The van der Waals surface area contributed by atoms with E-state index in [2.05, 4.69) is 30.1 Å². The molecule has 22 heavy (non-hydrogen) atoms. The molecular weight excluding hydrogens is 292 g/mol. The summed E-state index contributed by atoms with van der Waals surface area (Å²) in [5.74, 6) is 0.237. The van der Waals surface area contributed by atoms with Gasteiger partial charge in [-0.05, 0) is 36.8 Å². The fourth-order valence-corrected chi connectivity index (χ4v) is 4.06. The highest BCUT2D eigenvalue weighted by Gasteiger charge is 2.28. The van der Waals surface area contributed by atoms with Crippen LogP contribution in [0.5, 0.6) is 0 Å². The summed E-state index contributed by atoms with van der Waals surface area (Å²) in [6.45, 7) is 2.74. The van der Waals surface area contributed by atoms with E-state index in [1.165, 1.54) is 16.0 Å². The van der Waals surface area contributed by atoms with Crippen molar-refractivity contribution in [3.63, 3.8) is 0 Å². The van der Waals surface area contributed by atoms with Crippen molar-refractivity contribution in [2.24, 2.45) is 0 Å². The first-order chi connectivity index (χ1) is 10.7. The molecular formula is C18H22N2OS. The SMILES string of the molecule is CCc1cnc(CN(C)C(=O)[C@H]2CCCc3ccccc32)s1. The largest absolute Gasteiger partial charge is 0.338 e. The minimum atomic E-state index is 0.0144. The molecule has 0 unspecified atom stereocenters. The van der Waals surface area contributed by atoms with Crippen molar-refractivity contribution in [2.75, 3.05) is 7.05 Å². The maximum Gasteiger partial charge on any atom is 0.230 e. The number of nitrogens with zero attached hydrogens (tertiary/aromatic N) is 2. The number of amides is 1. The Labute approximate surface area is 136 Å². The van der Waals surface area contributed by atoms with Crippen molar-refractivity contribution in [2.45, 2.75) is 45.1 Å². The van der Waals surface area contributed by atoms with Crippen molar-refractivity contribution in [1.82, 2.24) is 9.88 Å². The smallest absolute Gasteiger partial charge is 0.230 e. The van der Waals surface area contributed by atoms with Gasteiger partial charge in [0, 0.05) is 18.1 Å². The van der Waals surface area contributed by atoms with Gasteiger partial charge in [0.25, 0.3) is 0 Å². The molecule has 116 valence electrons. The van der Waals surface area contributed by atoms with Crippen LogP contribution in [0.15, 0.2) is 30.5 Å². The number of carbonyl (C=O) groups is 1. The average Bonchev–Trinajstić information content (AvgIpc) is 3.01. The van der Waals surface area contributed by atoms with Crippen LogP contribution < -0.4 is 0 Å². The van der Waals surface area contributed by atoms with Crippen LogP contribution in [0.4, 0.5) is 0 Å². The van der Waals surface area contributed by atoms with Gasteiger partial charge < -0.3 is 4.90 Å². The Hall–Kier alpha value is -1.68. The van der Waals surface area contributed by atoms with Crippen LogP contribution in [0.2, 0.25) is 0 Å². The van der Waals surface area contributed by atoms with Crippen LogP contribution in [0, 0.1) is 0 Å². The van der Waals surface area contributed by atoms with E-state index in [1.54, 1.807) is 11.3 Å². The zero-order valence-corrected chi connectivity index (χ0v) is 14.0. The molecule has 1 amide bonds. The fraction of sp³-hybridized carbons (Fsp3) is 0.444. The third-order valence-corrected chi connectivity index (χ3v) is 5.49. The van der Waals surface area contributed by atoms with E-state index in [-0.39, 0.29) is 11.8 Å². The number of hydrogen-bond donors (Lipinski definition) is 0. The van der Waals surface area contributed by atoms with Crippen LogP contribution in [0.25, 0.3) is 0 Å². The summed E-state index contributed by atoms with van der Waals surface area (Å²) in [6.07, 6.45) is 6.08. The highest BCUT2D eigenvalue weighted by molar-refractivity contribution is 7.11. The number of likely N-dealkylation sites (N-methyl/N-ethyl adjacent to an activating group) is 1. The molecule has 0 bridgehead atoms. The first-order valence-corrected chi connectivity index (χ1v) is 8.77. The topological polar surface area (TPSA) is 33.2 Å². The monoisotopic (exact) mass is 314 g/mol. The average molecular weight is 314 g/mol. The number of carbonyl (C=O) groups excluding carboxylic acids is 1. The van der Waals surface area contributed by atoms with E-state index in [0.29, 0.717) is 6.54 Å². The normalized spacial score (nSPS) is 17.1. The molecule has 0 fully saturated rings. The summed E-state index contributed by atoms with van der Waals surface area (Å²) in [5.41, 5.74) is 2.56. The van der Waals surface area contributed by atoms with Crippen molar-refractivity contribution >= 4 is 17.2 Å². The number of benzene rings is 1. The maximum atomic E-state index is 12.8. The van der Waals surface area contributed by atoms with Gasteiger partial charge in [-0.25, -0.2) is 4.98 Å². The number of rotatable bonds is 4. The molecule has 4 heteroatoms. The molecule has 1 aliphatic rings.